The number of likely N-dealkylation sites (tertiary alicyclic amines) is 1. The molecule has 1 saturated carbocycles. The second-order valence-electron chi connectivity index (χ2n) is 5.77. The highest BCUT2D eigenvalue weighted by molar-refractivity contribution is 5.91. The molecule has 1 aliphatic carbocycles. The minimum Gasteiger partial charge on any atom is -0.446 e. The van der Waals surface area contributed by atoms with Gasteiger partial charge in [-0.1, -0.05) is 0 Å². The maximum atomic E-state index is 12.3. The van der Waals surface area contributed by atoms with Gasteiger partial charge in [-0.05, 0) is 45.4 Å². The van der Waals surface area contributed by atoms with Crippen LogP contribution in [0.15, 0.2) is 0 Å². The monoisotopic (exact) mass is 297 g/mol. The lowest BCUT2D eigenvalue weighted by Crippen LogP contribution is -2.51. The number of nitrogens with zero attached hydrogens (tertiary/aromatic N) is 1. The highest BCUT2D eigenvalue weighted by Crippen LogP contribution is 2.21. The summed E-state index contributed by atoms with van der Waals surface area (Å²) in [4.78, 5) is 36.8. The number of amides is 3. The van der Waals surface area contributed by atoms with Crippen LogP contribution in [0.1, 0.15) is 45.4 Å². The average molecular weight is 297 g/mol. The van der Waals surface area contributed by atoms with Crippen molar-refractivity contribution < 1.29 is 19.1 Å². The first-order valence-electron chi connectivity index (χ1n) is 7.56. The third-order valence-electron chi connectivity index (χ3n) is 4.14. The first-order valence-corrected chi connectivity index (χ1v) is 7.56. The van der Waals surface area contributed by atoms with Crippen LogP contribution in [-0.2, 0) is 14.3 Å². The highest BCUT2D eigenvalue weighted by Gasteiger charge is 2.35. The zero-order valence-corrected chi connectivity index (χ0v) is 12.3. The number of alkyl carbamates (subject to hydrolysis) is 1. The van der Waals surface area contributed by atoms with Crippen molar-refractivity contribution in [2.24, 2.45) is 5.73 Å². The van der Waals surface area contributed by atoms with Crippen molar-refractivity contribution in [2.45, 2.75) is 63.6 Å². The molecule has 2 unspecified atom stereocenters. The molecule has 2 rings (SSSR count). The molecule has 0 spiro atoms. The molecule has 0 aromatic carbocycles. The van der Waals surface area contributed by atoms with Crippen molar-refractivity contribution in [1.82, 2.24) is 10.2 Å². The molecule has 2 atom stereocenters. The van der Waals surface area contributed by atoms with Gasteiger partial charge in [-0.2, -0.15) is 0 Å². The number of hydrogen-bond acceptors (Lipinski definition) is 4. The quantitative estimate of drug-likeness (QED) is 0.789. The van der Waals surface area contributed by atoms with Gasteiger partial charge < -0.3 is 20.7 Å². The van der Waals surface area contributed by atoms with E-state index in [9.17, 15) is 14.4 Å². The van der Waals surface area contributed by atoms with Crippen molar-refractivity contribution in [3.8, 4) is 0 Å². The molecule has 0 radical (unpaired) electrons. The third-order valence-corrected chi connectivity index (χ3v) is 4.14. The van der Waals surface area contributed by atoms with E-state index < -0.39 is 24.1 Å². The van der Waals surface area contributed by atoms with Crippen molar-refractivity contribution in [1.29, 1.82) is 0 Å². The summed E-state index contributed by atoms with van der Waals surface area (Å²) in [7, 11) is 0. The van der Waals surface area contributed by atoms with E-state index in [1.165, 1.54) is 4.90 Å². The minimum atomic E-state index is -0.723. The largest absolute Gasteiger partial charge is 0.446 e. The van der Waals surface area contributed by atoms with Gasteiger partial charge in [0.2, 0.25) is 11.8 Å². The minimum absolute atomic E-state index is 0.0440. The lowest BCUT2D eigenvalue weighted by molar-refractivity contribution is -0.138. The Labute approximate surface area is 124 Å². The van der Waals surface area contributed by atoms with Gasteiger partial charge in [-0.3, -0.25) is 9.59 Å². The summed E-state index contributed by atoms with van der Waals surface area (Å²) in [6.07, 6.45) is 4.62. The van der Waals surface area contributed by atoms with E-state index in [2.05, 4.69) is 5.32 Å². The van der Waals surface area contributed by atoms with Crippen LogP contribution < -0.4 is 11.1 Å². The van der Waals surface area contributed by atoms with Crippen LogP contribution in [0, 0.1) is 0 Å². The van der Waals surface area contributed by atoms with Gasteiger partial charge in [0.25, 0.3) is 0 Å². The van der Waals surface area contributed by atoms with Gasteiger partial charge in [0, 0.05) is 6.54 Å². The van der Waals surface area contributed by atoms with Crippen LogP contribution in [0.2, 0.25) is 0 Å². The predicted octanol–water partition coefficient (Wildman–Crippen LogP) is 0.520. The number of hydrogen-bond donors (Lipinski definition) is 2. The van der Waals surface area contributed by atoms with Crippen molar-refractivity contribution in [2.75, 3.05) is 6.54 Å². The van der Waals surface area contributed by atoms with Gasteiger partial charge in [0.15, 0.2) is 0 Å². The summed E-state index contributed by atoms with van der Waals surface area (Å²) in [5.41, 5.74) is 5.29. The molecule has 2 fully saturated rings. The molecule has 118 valence electrons. The molecular weight excluding hydrogens is 274 g/mol. The lowest BCUT2D eigenvalue weighted by atomic mass is 10.2. The van der Waals surface area contributed by atoms with E-state index in [4.69, 9.17) is 10.5 Å². The molecule has 7 heteroatoms. The lowest BCUT2D eigenvalue weighted by Gasteiger charge is -2.26. The van der Waals surface area contributed by atoms with E-state index in [-0.39, 0.29) is 12.0 Å². The summed E-state index contributed by atoms with van der Waals surface area (Å²) in [5.74, 6) is -0.791. The number of ether oxygens (including phenoxy) is 1. The Bertz CT molecular complexity index is 420. The Balaban J connectivity index is 1.84. The maximum absolute atomic E-state index is 12.3. The molecule has 2 aliphatic rings. The van der Waals surface area contributed by atoms with E-state index in [0.29, 0.717) is 13.0 Å². The summed E-state index contributed by atoms with van der Waals surface area (Å²) >= 11 is 0. The maximum Gasteiger partial charge on any atom is 0.408 e. The molecule has 3 N–H and O–H groups in total. The van der Waals surface area contributed by atoms with E-state index in [0.717, 1.165) is 32.1 Å². The summed E-state index contributed by atoms with van der Waals surface area (Å²) < 4.78 is 5.26. The summed E-state index contributed by atoms with van der Waals surface area (Å²) in [5, 5.41) is 2.54. The second-order valence-corrected chi connectivity index (χ2v) is 5.77. The Morgan fingerprint density at radius 2 is 1.86 bits per heavy atom. The van der Waals surface area contributed by atoms with Crippen molar-refractivity contribution in [3.63, 3.8) is 0 Å². The first-order chi connectivity index (χ1) is 9.99. The fraction of sp³-hybridized carbons (Fsp3) is 0.786. The molecule has 1 saturated heterocycles. The van der Waals surface area contributed by atoms with Crippen LogP contribution in [0.25, 0.3) is 0 Å². The van der Waals surface area contributed by atoms with Gasteiger partial charge in [-0.15, -0.1) is 0 Å². The zero-order chi connectivity index (χ0) is 15.4. The van der Waals surface area contributed by atoms with Crippen LogP contribution in [0.5, 0.6) is 0 Å². The molecule has 0 bridgehead atoms. The number of rotatable bonds is 4. The fourth-order valence-corrected chi connectivity index (χ4v) is 3.01. The number of carbonyl (C=O) groups is 3. The molecular formula is C14H23N3O4. The molecule has 0 aromatic rings. The Kier molecular flexibility index (Phi) is 5.03. The molecule has 3 amide bonds. The molecule has 7 nitrogen and oxygen atoms in total. The van der Waals surface area contributed by atoms with Gasteiger partial charge in [-0.25, -0.2) is 4.79 Å². The van der Waals surface area contributed by atoms with Crippen molar-refractivity contribution >= 4 is 17.9 Å². The number of nitrogens with one attached hydrogen (secondary N) is 1. The zero-order valence-electron chi connectivity index (χ0n) is 12.3. The van der Waals surface area contributed by atoms with Crippen LogP contribution >= 0.6 is 0 Å². The van der Waals surface area contributed by atoms with Gasteiger partial charge in [0.05, 0.1) is 0 Å². The number of carbonyl (C=O) groups excluding carboxylic acids is 3. The number of primary amides is 1. The summed E-state index contributed by atoms with van der Waals surface area (Å²) in [6, 6.07) is -1.29. The molecule has 1 heterocycles. The molecule has 1 aliphatic heterocycles. The Hall–Kier alpha value is -1.79. The van der Waals surface area contributed by atoms with E-state index >= 15 is 0 Å². The van der Waals surface area contributed by atoms with Crippen LogP contribution in [-0.4, -0.2) is 47.5 Å². The summed E-state index contributed by atoms with van der Waals surface area (Å²) in [6.45, 7) is 2.09. The standard InChI is InChI=1S/C14H23N3O4/c1-9(16-14(20)21-10-5-2-3-6-10)13(19)17-8-4-7-11(17)12(15)18/h9-11H,2-8H2,1H3,(H2,15,18)(H,16,20). The van der Waals surface area contributed by atoms with Crippen LogP contribution in [0.4, 0.5) is 4.79 Å². The highest BCUT2D eigenvalue weighted by atomic mass is 16.6. The SMILES string of the molecule is CC(NC(=O)OC1CCCC1)C(=O)N1CCCC1C(N)=O. The Morgan fingerprint density at radius 1 is 1.19 bits per heavy atom. The average Bonchev–Trinajstić information content (AvgIpc) is 3.07. The van der Waals surface area contributed by atoms with Crippen molar-refractivity contribution in [3.05, 3.63) is 0 Å². The van der Waals surface area contributed by atoms with E-state index in [1.807, 2.05) is 0 Å². The predicted molar refractivity (Wildman–Crippen MR) is 75.3 cm³/mol. The second kappa shape index (κ2) is 6.78. The Morgan fingerprint density at radius 3 is 2.48 bits per heavy atom. The first kappa shape index (κ1) is 15.6. The molecule has 0 aromatic heterocycles. The van der Waals surface area contributed by atoms with Crippen LogP contribution in [0.3, 0.4) is 0 Å². The normalized spacial score (nSPS) is 23.9. The number of nitrogens with two attached hydrogens (primary N) is 1. The smallest absolute Gasteiger partial charge is 0.408 e. The fourth-order valence-electron chi connectivity index (χ4n) is 3.01. The topological polar surface area (TPSA) is 102 Å². The van der Waals surface area contributed by atoms with Gasteiger partial charge in [0.1, 0.15) is 18.2 Å². The van der Waals surface area contributed by atoms with Gasteiger partial charge >= 0.3 is 6.09 Å². The van der Waals surface area contributed by atoms with E-state index in [1.54, 1.807) is 6.92 Å². The molecule has 21 heavy (non-hydrogen) atoms. The third kappa shape index (κ3) is 3.86.